The minimum absolute atomic E-state index is 0.0502. The van der Waals surface area contributed by atoms with E-state index in [1.54, 1.807) is 7.05 Å². The number of hydrogen-bond donors (Lipinski definition) is 1. The Kier molecular flexibility index (Phi) is 3.37. The van der Waals surface area contributed by atoms with Crippen molar-refractivity contribution in [3.63, 3.8) is 0 Å². The summed E-state index contributed by atoms with van der Waals surface area (Å²) < 4.78 is 5.19. The van der Waals surface area contributed by atoms with Crippen LogP contribution in [0.4, 0.5) is 4.79 Å². The molecule has 1 fully saturated rings. The smallest absolute Gasteiger partial charge is 0.407 e. The van der Waals surface area contributed by atoms with Gasteiger partial charge in [-0.3, -0.25) is 4.90 Å². The average Bonchev–Trinajstić information content (AvgIpc) is 2.51. The normalized spacial score (nSPS) is 23.6. The molecule has 4 nitrogen and oxygen atoms in total. The second kappa shape index (κ2) is 4.17. The zero-order valence-electron chi connectivity index (χ0n) is 9.46. The van der Waals surface area contributed by atoms with Crippen LogP contribution in [-0.4, -0.2) is 42.8 Å². The molecule has 0 aromatic heterocycles. The molecule has 1 rings (SSSR count). The molecule has 1 aliphatic rings. The van der Waals surface area contributed by atoms with Gasteiger partial charge >= 0.3 is 6.09 Å². The van der Waals surface area contributed by atoms with Crippen LogP contribution in [0.25, 0.3) is 0 Å². The number of hydrogen-bond acceptors (Lipinski definition) is 3. The summed E-state index contributed by atoms with van der Waals surface area (Å²) in [5.41, 5.74) is 0.167. The first-order chi connectivity index (χ1) is 6.43. The first-order valence-electron chi connectivity index (χ1n) is 5.07. The molecule has 0 saturated carbocycles. The highest BCUT2D eigenvalue weighted by molar-refractivity contribution is 5.66. The molecule has 0 aromatic rings. The Bertz CT molecular complexity index is 211. The van der Waals surface area contributed by atoms with Crippen molar-refractivity contribution in [1.82, 2.24) is 10.2 Å². The van der Waals surface area contributed by atoms with E-state index in [1.165, 1.54) is 0 Å². The molecule has 1 N–H and O–H groups in total. The number of rotatable bonds is 1. The van der Waals surface area contributed by atoms with E-state index >= 15 is 0 Å². The van der Waals surface area contributed by atoms with Crippen LogP contribution in [0.5, 0.6) is 0 Å². The van der Waals surface area contributed by atoms with Gasteiger partial charge in [-0.05, 0) is 27.2 Å². The van der Waals surface area contributed by atoms with Gasteiger partial charge in [-0.25, -0.2) is 4.79 Å². The average molecular weight is 200 g/mol. The third kappa shape index (κ3) is 2.87. The lowest BCUT2D eigenvalue weighted by Crippen LogP contribution is -2.40. The predicted octanol–water partition coefficient (Wildman–Crippen LogP) is 1.22. The Morgan fingerprint density at radius 3 is 2.57 bits per heavy atom. The summed E-state index contributed by atoms with van der Waals surface area (Å²) in [6.45, 7) is 8.38. The topological polar surface area (TPSA) is 41.6 Å². The second-order valence-corrected chi connectivity index (χ2v) is 4.68. The third-order valence-electron chi connectivity index (χ3n) is 2.57. The van der Waals surface area contributed by atoms with E-state index in [2.05, 4.69) is 31.0 Å². The predicted molar refractivity (Wildman–Crippen MR) is 55.3 cm³/mol. The second-order valence-electron chi connectivity index (χ2n) is 4.68. The van der Waals surface area contributed by atoms with Crippen LogP contribution in [0.15, 0.2) is 0 Å². The summed E-state index contributed by atoms with van der Waals surface area (Å²) in [6, 6.07) is 0. The molecule has 1 saturated heterocycles. The minimum Gasteiger partial charge on any atom is -0.445 e. The van der Waals surface area contributed by atoms with Crippen LogP contribution in [0, 0.1) is 0 Å². The molecule has 4 heteroatoms. The molecule has 0 aliphatic carbocycles. The number of ether oxygens (including phenoxy) is 1. The molecule has 1 heterocycles. The molecule has 1 aliphatic heterocycles. The van der Waals surface area contributed by atoms with E-state index in [0.29, 0.717) is 0 Å². The fourth-order valence-corrected chi connectivity index (χ4v) is 1.64. The van der Waals surface area contributed by atoms with Gasteiger partial charge in [-0.1, -0.05) is 0 Å². The monoisotopic (exact) mass is 200 g/mol. The molecule has 82 valence electrons. The molecule has 14 heavy (non-hydrogen) atoms. The summed E-state index contributed by atoms with van der Waals surface area (Å²) in [4.78, 5) is 13.3. The Morgan fingerprint density at radius 1 is 1.50 bits per heavy atom. The number of carbonyl (C=O) groups is 1. The Hall–Kier alpha value is -0.770. The molecule has 1 unspecified atom stereocenters. The van der Waals surface area contributed by atoms with E-state index in [4.69, 9.17) is 4.74 Å². The Balaban J connectivity index is 2.38. The van der Waals surface area contributed by atoms with E-state index in [9.17, 15) is 4.79 Å². The van der Waals surface area contributed by atoms with Gasteiger partial charge in [0.2, 0.25) is 0 Å². The highest BCUT2D eigenvalue weighted by Crippen LogP contribution is 2.21. The fourth-order valence-electron chi connectivity index (χ4n) is 1.64. The van der Waals surface area contributed by atoms with E-state index in [-0.39, 0.29) is 17.7 Å². The molecule has 0 bridgehead atoms. The molecule has 0 radical (unpaired) electrons. The van der Waals surface area contributed by atoms with Gasteiger partial charge < -0.3 is 10.1 Å². The lowest BCUT2D eigenvalue weighted by molar-refractivity contribution is 0.0895. The molecule has 0 spiro atoms. The van der Waals surface area contributed by atoms with Gasteiger partial charge in [0.15, 0.2) is 0 Å². The maximum atomic E-state index is 11.0. The van der Waals surface area contributed by atoms with Crippen molar-refractivity contribution < 1.29 is 9.53 Å². The van der Waals surface area contributed by atoms with Crippen molar-refractivity contribution in [3.05, 3.63) is 0 Å². The van der Waals surface area contributed by atoms with Crippen LogP contribution >= 0.6 is 0 Å². The number of amides is 1. The highest BCUT2D eigenvalue weighted by atomic mass is 16.6. The van der Waals surface area contributed by atoms with Crippen LogP contribution in [-0.2, 0) is 4.74 Å². The molecule has 1 amide bonds. The largest absolute Gasteiger partial charge is 0.445 e. The summed E-state index contributed by atoms with van der Waals surface area (Å²) in [5, 5.41) is 2.47. The molecule has 0 aromatic carbocycles. The summed E-state index contributed by atoms with van der Waals surface area (Å²) >= 11 is 0. The first-order valence-corrected chi connectivity index (χ1v) is 5.07. The molecule has 1 atom stereocenters. The number of nitrogens with one attached hydrogen (secondary N) is 1. The van der Waals surface area contributed by atoms with Crippen molar-refractivity contribution in [3.8, 4) is 0 Å². The fraction of sp³-hybridized carbons (Fsp3) is 0.900. The van der Waals surface area contributed by atoms with E-state index in [1.807, 2.05) is 0 Å². The lowest BCUT2D eigenvalue weighted by atomic mass is 10.1. The molecular formula is C10H20N2O2. The SMILES string of the molecule is CNC(=O)OC1CCN(C(C)(C)C)C1. The third-order valence-corrected chi connectivity index (χ3v) is 2.57. The Labute approximate surface area is 85.6 Å². The number of carbonyl (C=O) groups excluding carboxylic acids is 1. The first kappa shape index (κ1) is 11.3. The van der Waals surface area contributed by atoms with E-state index in [0.717, 1.165) is 19.5 Å². The van der Waals surface area contributed by atoms with Gasteiger partial charge in [-0.2, -0.15) is 0 Å². The Morgan fingerprint density at radius 2 is 2.14 bits per heavy atom. The number of nitrogens with zero attached hydrogens (tertiary/aromatic N) is 1. The van der Waals surface area contributed by atoms with Crippen molar-refractivity contribution >= 4 is 6.09 Å². The van der Waals surface area contributed by atoms with Crippen molar-refractivity contribution in [1.29, 1.82) is 0 Å². The van der Waals surface area contributed by atoms with Crippen molar-refractivity contribution in [2.24, 2.45) is 0 Å². The quantitative estimate of drug-likeness (QED) is 0.692. The van der Waals surface area contributed by atoms with Gasteiger partial charge in [0, 0.05) is 25.7 Å². The zero-order valence-corrected chi connectivity index (χ0v) is 9.46. The zero-order chi connectivity index (χ0) is 10.8. The molecular weight excluding hydrogens is 180 g/mol. The van der Waals surface area contributed by atoms with Crippen molar-refractivity contribution in [2.75, 3.05) is 20.1 Å². The maximum Gasteiger partial charge on any atom is 0.407 e. The van der Waals surface area contributed by atoms with E-state index < -0.39 is 0 Å². The summed E-state index contributed by atoms with van der Waals surface area (Å²) in [5.74, 6) is 0. The summed E-state index contributed by atoms with van der Waals surface area (Å²) in [6.07, 6.45) is 0.657. The maximum absolute atomic E-state index is 11.0. The van der Waals surface area contributed by atoms with Gasteiger partial charge in [0.1, 0.15) is 6.10 Å². The van der Waals surface area contributed by atoms with Crippen LogP contribution in [0.1, 0.15) is 27.2 Å². The lowest BCUT2D eigenvalue weighted by Gasteiger charge is -2.31. The van der Waals surface area contributed by atoms with Crippen molar-refractivity contribution in [2.45, 2.75) is 38.8 Å². The number of alkyl carbamates (subject to hydrolysis) is 1. The van der Waals surface area contributed by atoms with Gasteiger partial charge in [-0.15, -0.1) is 0 Å². The van der Waals surface area contributed by atoms with Crippen LogP contribution < -0.4 is 5.32 Å². The van der Waals surface area contributed by atoms with Gasteiger partial charge in [0.25, 0.3) is 0 Å². The van der Waals surface area contributed by atoms with Crippen LogP contribution in [0.2, 0.25) is 0 Å². The van der Waals surface area contributed by atoms with Crippen LogP contribution in [0.3, 0.4) is 0 Å². The van der Waals surface area contributed by atoms with Gasteiger partial charge in [0.05, 0.1) is 0 Å². The number of likely N-dealkylation sites (tertiary alicyclic amines) is 1. The highest BCUT2D eigenvalue weighted by Gasteiger charge is 2.31. The minimum atomic E-state index is -0.328. The summed E-state index contributed by atoms with van der Waals surface area (Å²) in [7, 11) is 1.58. The standard InChI is InChI=1S/C10H20N2O2/c1-10(2,3)12-6-5-8(7-12)14-9(13)11-4/h8H,5-7H2,1-4H3,(H,11,13).